The number of ether oxygens (including phenoxy) is 1. The van der Waals surface area contributed by atoms with Crippen molar-refractivity contribution in [2.75, 3.05) is 13.7 Å². The molecule has 2 rings (SSSR count). The van der Waals surface area contributed by atoms with Crippen molar-refractivity contribution in [3.63, 3.8) is 0 Å². The Hall–Kier alpha value is -1.46. The highest BCUT2D eigenvalue weighted by Crippen LogP contribution is 2.29. The number of aliphatic hydroxyl groups excluding tert-OH is 1. The standard InChI is InChI=1S/C15H20FNO3/c1-20-14(19)12-5-4-11(8-13(12)16)9-17-15(10-18)6-2-3-7-15/h4-5,8,17-18H,2-3,6-7,9-10H2,1H3. The zero-order valence-corrected chi connectivity index (χ0v) is 11.6. The lowest BCUT2D eigenvalue weighted by Crippen LogP contribution is -2.45. The maximum absolute atomic E-state index is 13.8. The molecule has 0 amide bonds. The maximum atomic E-state index is 13.8. The topological polar surface area (TPSA) is 58.6 Å². The highest BCUT2D eigenvalue weighted by Gasteiger charge is 2.32. The Labute approximate surface area is 117 Å². The van der Waals surface area contributed by atoms with Gasteiger partial charge < -0.3 is 15.2 Å². The van der Waals surface area contributed by atoms with Crippen molar-refractivity contribution in [1.82, 2.24) is 5.32 Å². The van der Waals surface area contributed by atoms with Crippen molar-refractivity contribution < 1.29 is 19.0 Å². The summed E-state index contributed by atoms with van der Waals surface area (Å²) in [6, 6.07) is 4.46. The van der Waals surface area contributed by atoms with Gasteiger partial charge in [-0.25, -0.2) is 9.18 Å². The summed E-state index contributed by atoms with van der Waals surface area (Å²) in [5.74, 6) is -1.26. The van der Waals surface area contributed by atoms with Crippen LogP contribution in [0.3, 0.4) is 0 Å². The first kappa shape index (κ1) is 14.9. The van der Waals surface area contributed by atoms with Crippen LogP contribution in [-0.4, -0.2) is 30.3 Å². The molecule has 5 heteroatoms. The molecule has 0 radical (unpaired) electrons. The van der Waals surface area contributed by atoms with E-state index in [9.17, 15) is 14.3 Å². The minimum absolute atomic E-state index is 0.0611. The van der Waals surface area contributed by atoms with Crippen molar-refractivity contribution in [3.05, 3.63) is 35.1 Å². The third-order valence-electron chi connectivity index (χ3n) is 3.97. The first-order chi connectivity index (χ1) is 9.60. The molecule has 1 aromatic carbocycles. The van der Waals surface area contributed by atoms with Gasteiger partial charge in [0.15, 0.2) is 0 Å². The van der Waals surface area contributed by atoms with Crippen molar-refractivity contribution in [2.45, 2.75) is 37.8 Å². The lowest BCUT2D eigenvalue weighted by Gasteiger charge is -2.28. The Morgan fingerprint density at radius 1 is 1.45 bits per heavy atom. The summed E-state index contributed by atoms with van der Waals surface area (Å²) in [6.07, 6.45) is 4.07. The number of hydrogen-bond acceptors (Lipinski definition) is 4. The van der Waals surface area contributed by atoms with Gasteiger partial charge in [-0.1, -0.05) is 18.9 Å². The second-order valence-electron chi connectivity index (χ2n) is 5.30. The fraction of sp³-hybridized carbons (Fsp3) is 0.533. The Bertz CT molecular complexity index is 484. The summed E-state index contributed by atoms with van der Waals surface area (Å²) in [5, 5.41) is 12.8. The first-order valence-corrected chi connectivity index (χ1v) is 6.83. The normalized spacial score (nSPS) is 17.1. The molecule has 0 heterocycles. The zero-order valence-electron chi connectivity index (χ0n) is 11.6. The second-order valence-corrected chi connectivity index (χ2v) is 5.30. The lowest BCUT2D eigenvalue weighted by molar-refractivity contribution is 0.0595. The van der Waals surface area contributed by atoms with E-state index in [-0.39, 0.29) is 17.7 Å². The smallest absolute Gasteiger partial charge is 0.340 e. The maximum Gasteiger partial charge on any atom is 0.340 e. The predicted molar refractivity (Wildman–Crippen MR) is 72.9 cm³/mol. The Morgan fingerprint density at radius 3 is 2.70 bits per heavy atom. The van der Waals surface area contributed by atoms with E-state index < -0.39 is 11.8 Å². The molecule has 1 aromatic rings. The van der Waals surface area contributed by atoms with E-state index in [0.29, 0.717) is 6.54 Å². The van der Waals surface area contributed by atoms with E-state index in [1.165, 1.54) is 19.2 Å². The summed E-state index contributed by atoms with van der Waals surface area (Å²) >= 11 is 0. The molecule has 1 fully saturated rings. The van der Waals surface area contributed by atoms with Crippen molar-refractivity contribution in [2.24, 2.45) is 0 Å². The fourth-order valence-corrected chi connectivity index (χ4v) is 2.68. The monoisotopic (exact) mass is 281 g/mol. The Morgan fingerprint density at radius 2 is 2.15 bits per heavy atom. The van der Waals surface area contributed by atoms with Crippen LogP contribution in [0, 0.1) is 5.82 Å². The Kier molecular flexibility index (Phi) is 4.73. The molecule has 1 aliphatic rings. The van der Waals surface area contributed by atoms with Gasteiger partial charge in [0, 0.05) is 12.1 Å². The molecule has 0 bridgehead atoms. The number of benzene rings is 1. The highest BCUT2D eigenvalue weighted by molar-refractivity contribution is 5.89. The quantitative estimate of drug-likeness (QED) is 0.811. The molecule has 0 atom stereocenters. The molecule has 1 aliphatic carbocycles. The number of nitrogens with one attached hydrogen (secondary N) is 1. The van der Waals surface area contributed by atoms with Gasteiger partial charge in [-0.15, -0.1) is 0 Å². The van der Waals surface area contributed by atoms with Gasteiger partial charge in [-0.2, -0.15) is 0 Å². The van der Waals surface area contributed by atoms with E-state index in [2.05, 4.69) is 10.1 Å². The molecular weight excluding hydrogens is 261 g/mol. The van der Waals surface area contributed by atoms with Gasteiger partial charge in [0.2, 0.25) is 0 Å². The first-order valence-electron chi connectivity index (χ1n) is 6.83. The summed E-state index contributed by atoms with van der Waals surface area (Å²) in [7, 11) is 1.22. The number of methoxy groups -OCH3 is 1. The third kappa shape index (κ3) is 3.16. The van der Waals surface area contributed by atoms with Gasteiger partial charge in [0.1, 0.15) is 5.82 Å². The molecule has 0 aliphatic heterocycles. The van der Waals surface area contributed by atoms with Crippen LogP contribution in [0.15, 0.2) is 18.2 Å². The summed E-state index contributed by atoms with van der Waals surface area (Å²) in [6.45, 7) is 0.564. The highest BCUT2D eigenvalue weighted by atomic mass is 19.1. The van der Waals surface area contributed by atoms with E-state index in [1.807, 2.05) is 0 Å². The number of aliphatic hydroxyl groups is 1. The van der Waals surface area contributed by atoms with Gasteiger partial charge in [-0.05, 0) is 30.5 Å². The number of rotatable bonds is 5. The van der Waals surface area contributed by atoms with Crippen molar-refractivity contribution >= 4 is 5.97 Å². The number of esters is 1. The van der Waals surface area contributed by atoms with Crippen LogP contribution >= 0.6 is 0 Å². The van der Waals surface area contributed by atoms with Crippen LogP contribution in [0.2, 0.25) is 0 Å². The predicted octanol–water partition coefficient (Wildman–Crippen LogP) is 2.01. The van der Waals surface area contributed by atoms with Crippen LogP contribution in [0.25, 0.3) is 0 Å². The van der Waals surface area contributed by atoms with Crippen molar-refractivity contribution in [3.8, 4) is 0 Å². The number of carbonyl (C=O) groups excluding carboxylic acids is 1. The van der Waals surface area contributed by atoms with Crippen LogP contribution in [0.5, 0.6) is 0 Å². The molecule has 0 unspecified atom stereocenters. The summed E-state index contributed by atoms with van der Waals surface area (Å²) in [4.78, 5) is 11.3. The average molecular weight is 281 g/mol. The molecule has 1 saturated carbocycles. The SMILES string of the molecule is COC(=O)c1ccc(CNC2(CO)CCCC2)cc1F. The molecular formula is C15H20FNO3. The fourth-order valence-electron chi connectivity index (χ4n) is 2.68. The Balaban J connectivity index is 2.03. The number of hydrogen-bond donors (Lipinski definition) is 2. The van der Waals surface area contributed by atoms with E-state index in [4.69, 9.17) is 0 Å². The van der Waals surface area contributed by atoms with Crippen molar-refractivity contribution in [1.29, 1.82) is 0 Å². The molecule has 2 N–H and O–H groups in total. The molecule has 0 saturated heterocycles. The van der Waals surface area contributed by atoms with Gasteiger partial charge >= 0.3 is 5.97 Å². The van der Waals surface area contributed by atoms with Gasteiger partial charge in [0.25, 0.3) is 0 Å². The average Bonchev–Trinajstić information content (AvgIpc) is 2.94. The number of halogens is 1. The van der Waals surface area contributed by atoms with Crippen LogP contribution in [0.4, 0.5) is 4.39 Å². The number of carbonyl (C=O) groups is 1. The molecule has 0 spiro atoms. The van der Waals surface area contributed by atoms with E-state index in [1.54, 1.807) is 6.07 Å². The third-order valence-corrected chi connectivity index (χ3v) is 3.97. The molecule has 110 valence electrons. The van der Waals surface area contributed by atoms with E-state index >= 15 is 0 Å². The molecule has 20 heavy (non-hydrogen) atoms. The van der Waals surface area contributed by atoms with Crippen LogP contribution in [-0.2, 0) is 11.3 Å². The van der Waals surface area contributed by atoms with Gasteiger partial charge in [0.05, 0.1) is 19.3 Å². The van der Waals surface area contributed by atoms with Crippen LogP contribution in [0.1, 0.15) is 41.6 Å². The summed E-state index contributed by atoms with van der Waals surface area (Å²) in [5.41, 5.74) is 0.446. The van der Waals surface area contributed by atoms with E-state index in [0.717, 1.165) is 31.2 Å². The minimum atomic E-state index is -0.676. The summed E-state index contributed by atoms with van der Waals surface area (Å²) < 4.78 is 18.3. The van der Waals surface area contributed by atoms with Gasteiger partial charge in [-0.3, -0.25) is 0 Å². The van der Waals surface area contributed by atoms with Crippen LogP contribution < -0.4 is 5.32 Å². The molecule has 0 aromatic heterocycles. The minimum Gasteiger partial charge on any atom is -0.465 e. The molecule has 4 nitrogen and oxygen atoms in total. The zero-order chi connectivity index (χ0) is 14.6. The largest absolute Gasteiger partial charge is 0.465 e. The second kappa shape index (κ2) is 6.33. The lowest BCUT2D eigenvalue weighted by atomic mass is 9.98.